The minimum absolute atomic E-state index is 0.103. The van der Waals surface area contributed by atoms with Gasteiger partial charge in [0.05, 0.1) is 11.8 Å². The van der Waals surface area contributed by atoms with Crippen LogP contribution in [-0.2, 0) is 11.3 Å². The van der Waals surface area contributed by atoms with E-state index in [0.717, 1.165) is 18.5 Å². The summed E-state index contributed by atoms with van der Waals surface area (Å²) < 4.78 is 3.75. The molecule has 3 heterocycles. The van der Waals surface area contributed by atoms with E-state index in [2.05, 4.69) is 20.4 Å². The van der Waals surface area contributed by atoms with E-state index in [4.69, 9.17) is 0 Å². The van der Waals surface area contributed by atoms with E-state index in [9.17, 15) is 9.90 Å². The van der Waals surface area contributed by atoms with Crippen molar-refractivity contribution >= 4 is 28.5 Å². The first-order valence-electron chi connectivity index (χ1n) is 9.02. The Balaban J connectivity index is 1.61. The monoisotopic (exact) mass is 376 g/mol. The molecule has 8 nitrogen and oxygen atoms in total. The molecule has 1 aliphatic carbocycles. The first-order valence-corrected chi connectivity index (χ1v) is 9.02. The molecular weight excluding hydrogens is 356 g/mol. The number of carbonyl (C=O) groups excluding carboxylic acids is 1. The van der Waals surface area contributed by atoms with Crippen molar-refractivity contribution < 1.29 is 9.90 Å². The van der Waals surface area contributed by atoms with Crippen molar-refractivity contribution in [3.8, 4) is 0 Å². The van der Waals surface area contributed by atoms with Crippen molar-refractivity contribution in [3.05, 3.63) is 66.6 Å². The Morgan fingerprint density at radius 3 is 2.96 bits per heavy atom. The zero-order chi connectivity index (χ0) is 19.5. The van der Waals surface area contributed by atoms with Crippen molar-refractivity contribution in [2.45, 2.75) is 19.9 Å². The fourth-order valence-corrected chi connectivity index (χ4v) is 2.98. The molecule has 3 aromatic heterocycles. The third-order valence-corrected chi connectivity index (χ3v) is 4.55. The second-order valence-electron chi connectivity index (χ2n) is 6.48. The minimum atomic E-state index is -0.214. The third kappa shape index (κ3) is 3.44. The van der Waals surface area contributed by atoms with Gasteiger partial charge in [-0.05, 0) is 37.6 Å². The van der Waals surface area contributed by atoms with Crippen molar-refractivity contribution in [2.75, 3.05) is 11.9 Å². The Hall–Kier alpha value is -3.68. The average molecular weight is 376 g/mol. The number of hydrogen-bond donors (Lipinski definition) is 2. The van der Waals surface area contributed by atoms with Crippen molar-refractivity contribution in [1.82, 2.24) is 19.2 Å². The Labute approximate surface area is 161 Å². The van der Waals surface area contributed by atoms with Crippen LogP contribution in [0.2, 0.25) is 0 Å². The van der Waals surface area contributed by atoms with Crippen LogP contribution in [0, 0.1) is 0 Å². The summed E-state index contributed by atoms with van der Waals surface area (Å²) in [6.45, 7) is 3.13. The number of nitrogens with one attached hydrogen (secondary N) is 1. The molecule has 0 aliphatic heterocycles. The fraction of sp³-hybridized carbons (Fsp3) is 0.200. The highest BCUT2D eigenvalue weighted by molar-refractivity contribution is 6.21. The number of aryl methyl sites for hydroxylation is 1. The average Bonchev–Trinajstić information content (AvgIpc) is 3.34. The lowest BCUT2D eigenvalue weighted by Crippen LogP contribution is -2.12. The molecule has 28 heavy (non-hydrogen) atoms. The van der Waals surface area contributed by atoms with Crippen LogP contribution in [0.1, 0.15) is 13.3 Å². The van der Waals surface area contributed by atoms with Gasteiger partial charge < -0.3 is 15.0 Å². The number of fused-ring (bicyclic) bond motifs is 1. The van der Waals surface area contributed by atoms with Gasteiger partial charge in [-0.2, -0.15) is 0 Å². The number of carbonyl (C=O) groups is 1. The molecule has 0 atom stereocenters. The first-order chi connectivity index (χ1) is 13.6. The summed E-state index contributed by atoms with van der Waals surface area (Å²) in [5.74, 6) is 0.308. The smallest absolute Gasteiger partial charge is 0.185 e. The van der Waals surface area contributed by atoms with Gasteiger partial charge in [-0.3, -0.25) is 4.79 Å². The predicted octanol–water partition coefficient (Wildman–Crippen LogP) is 3.08. The molecule has 3 aromatic rings. The highest BCUT2D eigenvalue weighted by atomic mass is 16.3. The number of rotatable bonds is 6. The summed E-state index contributed by atoms with van der Waals surface area (Å²) in [5, 5.41) is 18.2. The fourth-order valence-electron chi connectivity index (χ4n) is 2.98. The standard InChI is InChI=1S/C20H20N6O2/c1-14-17(27)7-6-15(19(14)28)23-18-16-5-2-3-11-26(16)24-20(18)22-8-4-10-25-12-9-21-13-25/h2-3,5-7,9,11-13,28H,4,8,10H2,1H3,(H,22,24)/b23-15+. The molecule has 4 rings (SSSR count). The number of anilines is 1. The van der Waals surface area contributed by atoms with E-state index >= 15 is 0 Å². The topological polar surface area (TPSA) is 96.8 Å². The number of aliphatic hydroxyl groups is 1. The summed E-state index contributed by atoms with van der Waals surface area (Å²) in [4.78, 5) is 20.4. The van der Waals surface area contributed by atoms with Gasteiger partial charge in [0, 0.05) is 37.3 Å². The molecule has 0 saturated heterocycles. The maximum absolute atomic E-state index is 11.7. The van der Waals surface area contributed by atoms with Gasteiger partial charge in [0.2, 0.25) is 0 Å². The Morgan fingerprint density at radius 1 is 1.25 bits per heavy atom. The lowest BCUT2D eigenvalue weighted by atomic mass is 10.0. The van der Waals surface area contributed by atoms with Crippen LogP contribution >= 0.6 is 0 Å². The Kier molecular flexibility index (Phi) is 4.76. The van der Waals surface area contributed by atoms with Crippen molar-refractivity contribution in [1.29, 1.82) is 0 Å². The Bertz CT molecular complexity index is 1110. The zero-order valence-electron chi connectivity index (χ0n) is 15.4. The number of allylic oxidation sites excluding steroid dienone is 3. The molecule has 1 aliphatic rings. The molecule has 142 valence electrons. The number of ketones is 1. The molecule has 0 saturated carbocycles. The van der Waals surface area contributed by atoms with E-state index in [0.29, 0.717) is 23.8 Å². The molecule has 0 radical (unpaired) electrons. The van der Waals surface area contributed by atoms with E-state index in [1.807, 2.05) is 35.2 Å². The molecule has 0 amide bonds. The van der Waals surface area contributed by atoms with E-state index in [1.54, 1.807) is 24.0 Å². The summed E-state index contributed by atoms with van der Waals surface area (Å²) in [6.07, 6.45) is 11.1. The second kappa shape index (κ2) is 7.51. The van der Waals surface area contributed by atoms with Crippen LogP contribution in [0.4, 0.5) is 11.5 Å². The summed E-state index contributed by atoms with van der Waals surface area (Å²) in [5.41, 5.74) is 2.06. The van der Waals surface area contributed by atoms with Crippen molar-refractivity contribution in [3.63, 3.8) is 0 Å². The van der Waals surface area contributed by atoms with Crippen LogP contribution in [0.15, 0.2) is 71.6 Å². The molecule has 0 fully saturated rings. The van der Waals surface area contributed by atoms with Gasteiger partial charge in [0.1, 0.15) is 17.2 Å². The Morgan fingerprint density at radius 2 is 2.14 bits per heavy atom. The molecule has 8 heteroatoms. The highest BCUT2D eigenvalue weighted by Crippen LogP contribution is 2.31. The van der Waals surface area contributed by atoms with Crippen LogP contribution in [0.3, 0.4) is 0 Å². The summed E-state index contributed by atoms with van der Waals surface area (Å²) in [7, 11) is 0. The SMILES string of the molecule is CC1=C(O)/C(=N/c2c(NCCCn3ccnc3)nn3ccccc23)C=CC1=O. The number of hydrogen-bond acceptors (Lipinski definition) is 6. The molecule has 0 unspecified atom stereocenters. The third-order valence-electron chi connectivity index (χ3n) is 4.55. The summed E-state index contributed by atoms with van der Waals surface area (Å²) in [6, 6.07) is 5.71. The maximum atomic E-state index is 11.7. The second-order valence-corrected chi connectivity index (χ2v) is 6.48. The van der Waals surface area contributed by atoms with Gasteiger partial charge in [-0.1, -0.05) is 6.07 Å². The predicted molar refractivity (Wildman–Crippen MR) is 107 cm³/mol. The van der Waals surface area contributed by atoms with Gasteiger partial charge in [0.15, 0.2) is 11.6 Å². The molecule has 0 spiro atoms. The molecular formula is C20H20N6O2. The zero-order valence-corrected chi connectivity index (χ0v) is 15.4. The van der Waals surface area contributed by atoms with Gasteiger partial charge in [-0.25, -0.2) is 14.5 Å². The quantitative estimate of drug-likeness (QED) is 0.509. The largest absolute Gasteiger partial charge is 0.505 e. The van der Waals surface area contributed by atoms with Crippen LogP contribution in [0.25, 0.3) is 5.52 Å². The number of aliphatic imine (C=N–C) groups is 1. The number of nitrogens with zero attached hydrogens (tertiary/aromatic N) is 5. The molecule has 0 bridgehead atoms. The normalized spacial score (nSPS) is 15.8. The van der Waals surface area contributed by atoms with Gasteiger partial charge in [-0.15, -0.1) is 5.10 Å². The number of aromatic nitrogens is 4. The van der Waals surface area contributed by atoms with Crippen LogP contribution in [-0.4, -0.2) is 42.3 Å². The minimum Gasteiger partial charge on any atom is -0.505 e. The lowest BCUT2D eigenvalue weighted by Gasteiger charge is -2.09. The van der Waals surface area contributed by atoms with E-state index in [-0.39, 0.29) is 17.1 Å². The van der Waals surface area contributed by atoms with Crippen LogP contribution in [0.5, 0.6) is 0 Å². The van der Waals surface area contributed by atoms with Crippen molar-refractivity contribution in [2.24, 2.45) is 4.99 Å². The maximum Gasteiger partial charge on any atom is 0.185 e. The highest BCUT2D eigenvalue weighted by Gasteiger charge is 2.19. The number of pyridine rings is 1. The number of imidazole rings is 1. The molecule has 0 aromatic carbocycles. The van der Waals surface area contributed by atoms with E-state index < -0.39 is 0 Å². The van der Waals surface area contributed by atoms with Crippen LogP contribution < -0.4 is 5.32 Å². The lowest BCUT2D eigenvalue weighted by molar-refractivity contribution is -0.111. The number of aliphatic hydroxyl groups excluding tert-OH is 1. The summed E-state index contributed by atoms with van der Waals surface area (Å²) >= 11 is 0. The molecule has 2 N–H and O–H groups in total. The first kappa shape index (κ1) is 17.7. The van der Waals surface area contributed by atoms with E-state index in [1.165, 1.54) is 12.2 Å². The van der Waals surface area contributed by atoms with Gasteiger partial charge in [0.25, 0.3) is 0 Å². The van der Waals surface area contributed by atoms with Gasteiger partial charge >= 0.3 is 0 Å².